The van der Waals surface area contributed by atoms with E-state index in [-0.39, 0.29) is 0 Å². The van der Waals surface area contributed by atoms with E-state index < -0.39 is 0 Å². The second kappa shape index (κ2) is 7.70. The molecule has 132 valence electrons. The molecule has 1 fully saturated rings. The maximum absolute atomic E-state index is 5.30. The first-order valence-electron chi connectivity index (χ1n) is 8.74. The SMILES string of the molecule is CCCCc1nc(CSc2nnc(Cc3cccs3)n2C2CC2)no1. The average molecular weight is 376 g/mol. The molecule has 0 atom stereocenters. The van der Waals surface area contributed by atoms with Gasteiger partial charge in [0.15, 0.2) is 11.0 Å². The first-order chi connectivity index (χ1) is 12.3. The highest BCUT2D eigenvalue weighted by atomic mass is 32.2. The highest BCUT2D eigenvalue weighted by Crippen LogP contribution is 2.39. The zero-order chi connectivity index (χ0) is 17.1. The molecule has 0 amide bonds. The molecule has 1 saturated carbocycles. The minimum absolute atomic E-state index is 0.554. The summed E-state index contributed by atoms with van der Waals surface area (Å²) in [6.07, 6.45) is 6.35. The Bertz CT molecular complexity index is 807. The Balaban J connectivity index is 1.43. The summed E-state index contributed by atoms with van der Waals surface area (Å²) in [5.74, 6) is 3.20. The number of thiophene rings is 1. The zero-order valence-corrected chi connectivity index (χ0v) is 15.9. The number of thioether (sulfide) groups is 1. The van der Waals surface area contributed by atoms with Crippen LogP contribution in [0.25, 0.3) is 0 Å². The molecule has 0 unspecified atom stereocenters. The van der Waals surface area contributed by atoms with Crippen molar-refractivity contribution >= 4 is 23.1 Å². The van der Waals surface area contributed by atoms with E-state index in [1.54, 1.807) is 23.1 Å². The van der Waals surface area contributed by atoms with E-state index >= 15 is 0 Å². The number of nitrogens with zero attached hydrogens (tertiary/aromatic N) is 5. The summed E-state index contributed by atoms with van der Waals surface area (Å²) in [6, 6.07) is 4.79. The number of aryl methyl sites for hydroxylation is 1. The van der Waals surface area contributed by atoms with Crippen molar-refractivity contribution in [2.24, 2.45) is 0 Å². The van der Waals surface area contributed by atoms with Crippen LogP contribution < -0.4 is 0 Å². The van der Waals surface area contributed by atoms with Crippen LogP contribution in [0.3, 0.4) is 0 Å². The van der Waals surface area contributed by atoms with Crippen LogP contribution in [0.2, 0.25) is 0 Å². The molecular formula is C17H21N5OS2. The van der Waals surface area contributed by atoms with E-state index in [1.807, 2.05) is 0 Å². The van der Waals surface area contributed by atoms with Gasteiger partial charge in [0.1, 0.15) is 5.82 Å². The monoisotopic (exact) mass is 375 g/mol. The fourth-order valence-electron chi connectivity index (χ4n) is 2.70. The van der Waals surface area contributed by atoms with E-state index in [0.717, 1.165) is 48.4 Å². The fourth-order valence-corrected chi connectivity index (χ4v) is 4.27. The van der Waals surface area contributed by atoms with Crippen LogP contribution in [-0.2, 0) is 18.6 Å². The van der Waals surface area contributed by atoms with Crippen LogP contribution in [0, 0.1) is 0 Å². The van der Waals surface area contributed by atoms with Gasteiger partial charge in [-0.1, -0.05) is 36.3 Å². The summed E-state index contributed by atoms with van der Waals surface area (Å²) >= 11 is 3.41. The normalized spacial score (nSPS) is 14.3. The molecule has 0 aromatic carbocycles. The standard InChI is InChI=1S/C17H21N5OS2/c1-2-3-6-16-18-14(21-23-16)11-25-17-20-19-15(22(17)12-7-8-12)10-13-5-4-9-24-13/h4-5,9,12H,2-3,6-8,10-11H2,1H3. The van der Waals surface area contributed by atoms with Crippen molar-refractivity contribution in [2.45, 2.75) is 62.4 Å². The lowest BCUT2D eigenvalue weighted by Crippen LogP contribution is -2.03. The van der Waals surface area contributed by atoms with Crippen molar-refractivity contribution in [1.29, 1.82) is 0 Å². The summed E-state index contributed by atoms with van der Waals surface area (Å²) < 4.78 is 7.61. The highest BCUT2D eigenvalue weighted by molar-refractivity contribution is 7.98. The van der Waals surface area contributed by atoms with Gasteiger partial charge < -0.3 is 9.09 Å². The third-order valence-corrected chi connectivity index (χ3v) is 5.96. The van der Waals surface area contributed by atoms with Crippen molar-refractivity contribution in [3.05, 3.63) is 39.9 Å². The van der Waals surface area contributed by atoms with Crippen LogP contribution in [-0.4, -0.2) is 24.9 Å². The van der Waals surface area contributed by atoms with Crippen LogP contribution in [0.5, 0.6) is 0 Å². The van der Waals surface area contributed by atoms with Gasteiger partial charge in [-0.05, 0) is 30.7 Å². The molecule has 1 aliphatic rings. The van der Waals surface area contributed by atoms with E-state index in [9.17, 15) is 0 Å². The smallest absolute Gasteiger partial charge is 0.226 e. The van der Waals surface area contributed by atoms with Crippen LogP contribution in [0.1, 0.15) is 61.1 Å². The number of rotatable bonds is 9. The Kier molecular flexibility index (Phi) is 5.17. The maximum Gasteiger partial charge on any atom is 0.226 e. The highest BCUT2D eigenvalue weighted by Gasteiger charge is 2.29. The van der Waals surface area contributed by atoms with Gasteiger partial charge in [-0.15, -0.1) is 21.5 Å². The van der Waals surface area contributed by atoms with Gasteiger partial charge in [-0.3, -0.25) is 0 Å². The summed E-state index contributed by atoms with van der Waals surface area (Å²) in [5.41, 5.74) is 0. The summed E-state index contributed by atoms with van der Waals surface area (Å²) in [7, 11) is 0. The molecular weight excluding hydrogens is 354 g/mol. The lowest BCUT2D eigenvalue weighted by Gasteiger charge is -2.07. The molecule has 6 nitrogen and oxygen atoms in total. The summed E-state index contributed by atoms with van der Waals surface area (Å²) in [6.45, 7) is 2.16. The number of aromatic nitrogens is 5. The van der Waals surface area contributed by atoms with Gasteiger partial charge in [0, 0.05) is 23.8 Å². The Morgan fingerprint density at radius 2 is 2.28 bits per heavy atom. The third kappa shape index (κ3) is 4.12. The third-order valence-electron chi connectivity index (χ3n) is 4.14. The van der Waals surface area contributed by atoms with Gasteiger partial charge in [0.05, 0.1) is 5.75 Å². The first-order valence-corrected chi connectivity index (χ1v) is 10.6. The molecule has 25 heavy (non-hydrogen) atoms. The largest absolute Gasteiger partial charge is 0.339 e. The van der Waals surface area contributed by atoms with Crippen LogP contribution >= 0.6 is 23.1 Å². The number of hydrogen-bond acceptors (Lipinski definition) is 7. The summed E-state index contributed by atoms with van der Waals surface area (Å²) in [5, 5.41) is 16.0. The molecule has 0 aliphatic heterocycles. The van der Waals surface area contributed by atoms with E-state index in [1.165, 1.54) is 17.7 Å². The number of hydrogen-bond donors (Lipinski definition) is 0. The minimum Gasteiger partial charge on any atom is -0.339 e. The van der Waals surface area contributed by atoms with Crippen molar-refractivity contribution in [3.63, 3.8) is 0 Å². The quantitative estimate of drug-likeness (QED) is 0.520. The predicted octanol–water partition coefficient (Wildman–Crippen LogP) is 4.28. The second-order valence-electron chi connectivity index (χ2n) is 6.25. The van der Waals surface area contributed by atoms with Crippen molar-refractivity contribution in [1.82, 2.24) is 24.9 Å². The molecule has 3 aromatic rings. The van der Waals surface area contributed by atoms with Crippen molar-refractivity contribution in [2.75, 3.05) is 0 Å². The molecule has 8 heteroatoms. The van der Waals surface area contributed by atoms with E-state index in [0.29, 0.717) is 11.8 Å². The summed E-state index contributed by atoms with van der Waals surface area (Å²) in [4.78, 5) is 5.79. The topological polar surface area (TPSA) is 69.6 Å². The van der Waals surface area contributed by atoms with Gasteiger partial charge in [0.25, 0.3) is 0 Å². The van der Waals surface area contributed by atoms with Crippen LogP contribution in [0.15, 0.2) is 27.2 Å². The molecule has 0 bridgehead atoms. The first kappa shape index (κ1) is 16.8. The Labute approximate surface area is 155 Å². The molecule has 0 radical (unpaired) electrons. The average Bonchev–Trinajstić information content (AvgIpc) is 3.03. The molecule has 3 aromatic heterocycles. The molecule has 0 saturated heterocycles. The molecule has 0 N–H and O–H groups in total. The van der Waals surface area contributed by atoms with Crippen LogP contribution in [0.4, 0.5) is 0 Å². The lowest BCUT2D eigenvalue weighted by molar-refractivity contribution is 0.371. The molecule has 4 rings (SSSR count). The fraction of sp³-hybridized carbons (Fsp3) is 0.529. The minimum atomic E-state index is 0.554. The zero-order valence-electron chi connectivity index (χ0n) is 14.2. The Morgan fingerprint density at radius 3 is 3.04 bits per heavy atom. The van der Waals surface area contributed by atoms with Gasteiger partial charge >= 0.3 is 0 Å². The Hall–Kier alpha value is -1.67. The Morgan fingerprint density at radius 1 is 1.36 bits per heavy atom. The van der Waals surface area contributed by atoms with E-state index in [4.69, 9.17) is 4.52 Å². The maximum atomic E-state index is 5.30. The predicted molar refractivity (Wildman–Crippen MR) is 97.9 cm³/mol. The van der Waals surface area contributed by atoms with E-state index in [2.05, 4.69) is 49.3 Å². The van der Waals surface area contributed by atoms with Gasteiger partial charge in [-0.2, -0.15) is 4.98 Å². The van der Waals surface area contributed by atoms with Crippen molar-refractivity contribution in [3.8, 4) is 0 Å². The molecule has 0 spiro atoms. The second-order valence-corrected chi connectivity index (χ2v) is 8.23. The van der Waals surface area contributed by atoms with Gasteiger partial charge in [-0.25, -0.2) is 0 Å². The van der Waals surface area contributed by atoms with Gasteiger partial charge in [0.2, 0.25) is 5.89 Å². The molecule has 1 aliphatic carbocycles. The lowest BCUT2D eigenvalue weighted by atomic mass is 10.2. The van der Waals surface area contributed by atoms with Crippen molar-refractivity contribution < 1.29 is 4.52 Å². The number of unbranched alkanes of at least 4 members (excludes halogenated alkanes) is 1. The molecule has 3 heterocycles.